The zero-order valence-electron chi connectivity index (χ0n) is 13.3. The average molecular weight is 309 g/mol. The number of nitrogens with zero attached hydrogens (tertiary/aromatic N) is 1. The number of aryl methyl sites for hydroxylation is 1. The van der Waals surface area contributed by atoms with Gasteiger partial charge in [-0.3, -0.25) is 9.59 Å². The third-order valence-corrected chi connectivity index (χ3v) is 4.19. The predicted octanol–water partition coefficient (Wildman–Crippen LogP) is 3.49. The molecule has 118 valence electrons. The second-order valence-electron chi connectivity index (χ2n) is 5.66. The Morgan fingerprint density at radius 3 is 2.65 bits per heavy atom. The molecule has 0 fully saturated rings. The molecule has 2 aromatic carbocycles. The van der Waals surface area contributed by atoms with E-state index in [0.717, 1.165) is 24.1 Å². The first kappa shape index (κ1) is 15.3. The molecule has 0 saturated heterocycles. The highest BCUT2D eigenvalue weighted by Crippen LogP contribution is 2.31. The summed E-state index contributed by atoms with van der Waals surface area (Å²) in [5, 5.41) is 0. The smallest absolute Gasteiger partial charge is 0.262 e. The van der Waals surface area contributed by atoms with E-state index in [9.17, 15) is 9.59 Å². The molecule has 4 nitrogen and oxygen atoms in total. The number of ether oxygens (including phenoxy) is 1. The van der Waals surface area contributed by atoms with E-state index in [2.05, 4.69) is 0 Å². The Balaban J connectivity index is 2.00. The first-order valence-electron chi connectivity index (χ1n) is 7.70. The lowest BCUT2D eigenvalue weighted by molar-refractivity contribution is 0.0981. The number of benzene rings is 2. The first-order chi connectivity index (χ1) is 11.1. The van der Waals surface area contributed by atoms with Gasteiger partial charge in [0, 0.05) is 17.8 Å². The van der Waals surface area contributed by atoms with Crippen molar-refractivity contribution in [3.63, 3.8) is 0 Å². The number of amides is 1. The molecule has 1 aliphatic rings. The van der Waals surface area contributed by atoms with Gasteiger partial charge in [-0.05, 0) is 55.7 Å². The van der Waals surface area contributed by atoms with Crippen molar-refractivity contribution >= 4 is 17.4 Å². The largest absolute Gasteiger partial charge is 0.496 e. The van der Waals surface area contributed by atoms with Gasteiger partial charge in [0.25, 0.3) is 5.91 Å². The van der Waals surface area contributed by atoms with Crippen LogP contribution in [0, 0.1) is 0 Å². The molecule has 2 aromatic rings. The van der Waals surface area contributed by atoms with Gasteiger partial charge in [0.15, 0.2) is 5.78 Å². The molecule has 0 aliphatic carbocycles. The number of hydrogen-bond donors (Lipinski definition) is 0. The van der Waals surface area contributed by atoms with Crippen LogP contribution in [0.1, 0.15) is 39.6 Å². The molecule has 0 radical (unpaired) electrons. The molecule has 4 heteroatoms. The third kappa shape index (κ3) is 2.84. The zero-order valence-corrected chi connectivity index (χ0v) is 13.3. The van der Waals surface area contributed by atoms with E-state index in [1.54, 1.807) is 37.1 Å². The van der Waals surface area contributed by atoms with Crippen molar-refractivity contribution in [2.45, 2.75) is 19.8 Å². The number of para-hydroxylation sites is 1. The Bertz CT molecular complexity index is 767. The Hall–Kier alpha value is -2.62. The van der Waals surface area contributed by atoms with Crippen LogP contribution in [0.15, 0.2) is 42.5 Å². The normalized spacial score (nSPS) is 13.4. The molecular formula is C19H19NO3. The first-order valence-corrected chi connectivity index (χ1v) is 7.70. The van der Waals surface area contributed by atoms with Crippen molar-refractivity contribution in [1.29, 1.82) is 0 Å². The van der Waals surface area contributed by atoms with Gasteiger partial charge in [0.05, 0.1) is 12.7 Å². The minimum Gasteiger partial charge on any atom is -0.496 e. The van der Waals surface area contributed by atoms with Crippen LogP contribution < -0.4 is 9.64 Å². The number of methoxy groups -OCH3 is 1. The molecular weight excluding hydrogens is 290 g/mol. The van der Waals surface area contributed by atoms with E-state index >= 15 is 0 Å². The topological polar surface area (TPSA) is 46.6 Å². The minimum atomic E-state index is -0.0704. The quantitative estimate of drug-likeness (QED) is 0.815. The van der Waals surface area contributed by atoms with Gasteiger partial charge in [0.1, 0.15) is 5.75 Å². The number of carbonyl (C=O) groups excluding carboxylic acids is 2. The lowest BCUT2D eigenvalue weighted by Crippen LogP contribution is -2.35. The molecule has 1 aliphatic heterocycles. The third-order valence-electron chi connectivity index (χ3n) is 4.19. The molecule has 0 atom stereocenters. The fraction of sp³-hybridized carbons (Fsp3) is 0.263. The summed E-state index contributed by atoms with van der Waals surface area (Å²) in [6.07, 6.45) is 1.77. The van der Waals surface area contributed by atoms with Gasteiger partial charge in [-0.2, -0.15) is 0 Å². The van der Waals surface area contributed by atoms with Gasteiger partial charge < -0.3 is 9.64 Å². The van der Waals surface area contributed by atoms with Crippen molar-refractivity contribution in [2.75, 3.05) is 18.6 Å². The number of hydrogen-bond acceptors (Lipinski definition) is 3. The van der Waals surface area contributed by atoms with Crippen molar-refractivity contribution in [2.24, 2.45) is 0 Å². The second-order valence-corrected chi connectivity index (χ2v) is 5.66. The standard InChI is InChI=1S/C19H19NO3/c1-13(21)14-9-10-17-15(12-14)6-5-11-20(17)19(22)16-7-3-4-8-18(16)23-2/h3-4,7-10,12H,5-6,11H2,1-2H3. The van der Waals surface area contributed by atoms with E-state index < -0.39 is 0 Å². The predicted molar refractivity (Wildman–Crippen MR) is 89.4 cm³/mol. The van der Waals surface area contributed by atoms with Crippen LogP contribution >= 0.6 is 0 Å². The summed E-state index contributed by atoms with van der Waals surface area (Å²) < 4.78 is 5.30. The van der Waals surface area contributed by atoms with E-state index in [1.165, 1.54) is 0 Å². The number of rotatable bonds is 3. The molecule has 1 heterocycles. The fourth-order valence-corrected chi connectivity index (χ4v) is 2.99. The van der Waals surface area contributed by atoms with Crippen molar-refractivity contribution in [1.82, 2.24) is 0 Å². The van der Waals surface area contributed by atoms with Crippen LogP contribution in [0.2, 0.25) is 0 Å². The Labute approximate surface area is 135 Å². The molecule has 0 bridgehead atoms. The molecule has 3 rings (SSSR count). The molecule has 0 N–H and O–H groups in total. The summed E-state index contributed by atoms with van der Waals surface area (Å²) in [4.78, 5) is 26.3. The summed E-state index contributed by atoms with van der Waals surface area (Å²) in [6.45, 7) is 2.23. The summed E-state index contributed by atoms with van der Waals surface area (Å²) in [6, 6.07) is 12.8. The van der Waals surface area contributed by atoms with Crippen molar-refractivity contribution in [3.8, 4) is 5.75 Å². The van der Waals surface area contributed by atoms with Gasteiger partial charge in [-0.25, -0.2) is 0 Å². The molecule has 0 saturated carbocycles. The van der Waals surface area contributed by atoms with Crippen LogP contribution in [-0.4, -0.2) is 25.3 Å². The molecule has 1 amide bonds. The highest BCUT2D eigenvalue weighted by Gasteiger charge is 2.25. The maximum absolute atomic E-state index is 12.9. The lowest BCUT2D eigenvalue weighted by Gasteiger charge is -2.30. The van der Waals surface area contributed by atoms with Crippen LogP contribution in [-0.2, 0) is 6.42 Å². The van der Waals surface area contributed by atoms with Gasteiger partial charge in [0.2, 0.25) is 0 Å². The summed E-state index contributed by atoms with van der Waals surface area (Å²) in [5.41, 5.74) is 3.18. The number of Topliss-reactive ketones (excluding diaryl/α,β-unsaturated/α-hetero) is 1. The Morgan fingerprint density at radius 1 is 1.13 bits per heavy atom. The van der Waals surface area contributed by atoms with Gasteiger partial charge >= 0.3 is 0 Å². The van der Waals surface area contributed by atoms with E-state index in [-0.39, 0.29) is 11.7 Å². The number of ketones is 1. The van der Waals surface area contributed by atoms with E-state index in [1.807, 2.05) is 24.3 Å². The van der Waals surface area contributed by atoms with Gasteiger partial charge in [-0.1, -0.05) is 12.1 Å². The summed E-state index contributed by atoms with van der Waals surface area (Å²) >= 11 is 0. The van der Waals surface area contributed by atoms with E-state index in [4.69, 9.17) is 4.74 Å². The number of carbonyl (C=O) groups is 2. The second kappa shape index (κ2) is 6.24. The van der Waals surface area contributed by atoms with E-state index in [0.29, 0.717) is 23.4 Å². The highest BCUT2D eigenvalue weighted by atomic mass is 16.5. The van der Waals surface area contributed by atoms with Gasteiger partial charge in [-0.15, -0.1) is 0 Å². The molecule has 0 aromatic heterocycles. The minimum absolute atomic E-state index is 0.0426. The van der Waals surface area contributed by atoms with Crippen LogP contribution in [0.5, 0.6) is 5.75 Å². The van der Waals surface area contributed by atoms with Crippen LogP contribution in [0.25, 0.3) is 0 Å². The maximum Gasteiger partial charge on any atom is 0.262 e. The summed E-state index contributed by atoms with van der Waals surface area (Å²) in [5.74, 6) is 0.546. The summed E-state index contributed by atoms with van der Waals surface area (Å²) in [7, 11) is 1.56. The van der Waals surface area contributed by atoms with Crippen LogP contribution in [0.4, 0.5) is 5.69 Å². The SMILES string of the molecule is COc1ccccc1C(=O)N1CCCc2cc(C(C)=O)ccc21. The molecule has 0 spiro atoms. The lowest BCUT2D eigenvalue weighted by atomic mass is 9.97. The fourth-order valence-electron chi connectivity index (χ4n) is 2.99. The number of anilines is 1. The van der Waals surface area contributed by atoms with Crippen LogP contribution in [0.3, 0.4) is 0 Å². The monoisotopic (exact) mass is 309 g/mol. The molecule has 23 heavy (non-hydrogen) atoms. The number of fused-ring (bicyclic) bond motifs is 1. The molecule has 0 unspecified atom stereocenters. The van der Waals surface area contributed by atoms with Crippen molar-refractivity contribution < 1.29 is 14.3 Å². The maximum atomic E-state index is 12.9. The Kier molecular flexibility index (Phi) is 4.15. The Morgan fingerprint density at radius 2 is 1.91 bits per heavy atom. The highest BCUT2D eigenvalue weighted by molar-refractivity contribution is 6.08. The zero-order chi connectivity index (χ0) is 16.4. The average Bonchev–Trinajstić information content (AvgIpc) is 2.60. The van der Waals surface area contributed by atoms with Crippen molar-refractivity contribution in [3.05, 3.63) is 59.2 Å².